The summed E-state index contributed by atoms with van der Waals surface area (Å²) in [5.41, 5.74) is 6.92. The van der Waals surface area contributed by atoms with Crippen molar-refractivity contribution in [2.75, 3.05) is 11.1 Å². The van der Waals surface area contributed by atoms with Crippen LogP contribution in [-0.2, 0) is 18.4 Å². The molecule has 0 radical (unpaired) electrons. The number of thioether (sulfide) groups is 1. The SMILES string of the molecule is CC(/C=N/NC(=O)CSc1nnc(CNc2ccc(Br)cc2)n1C)=C\c1ccc(C(C)C)cc1. The number of carbonyl (C=O) groups is 1. The van der Waals surface area contributed by atoms with E-state index in [9.17, 15) is 4.79 Å². The summed E-state index contributed by atoms with van der Waals surface area (Å²) in [5.74, 6) is 1.29. The number of carbonyl (C=O) groups excluding carboxylic acids is 1. The van der Waals surface area contributed by atoms with Crippen LogP contribution in [-0.4, -0.2) is 32.6 Å². The van der Waals surface area contributed by atoms with Crippen LogP contribution in [0.1, 0.15) is 43.6 Å². The fraction of sp³-hybridized carbons (Fsp3) is 0.280. The second-order valence-corrected chi connectivity index (χ2v) is 9.97. The molecule has 7 nitrogen and oxygen atoms in total. The van der Waals surface area contributed by atoms with Gasteiger partial charge >= 0.3 is 0 Å². The van der Waals surface area contributed by atoms with Gasteiger partial charge in [-0.05, 0) is 53.8 Å². The number of aromatic nitrogens is 3. The maximum absolute atomic E-state index is 12.2. The van der Waals surface area contributed by atoms with Crippen molar-refractivity contribution in [2.45, 2.75) is 38.4 Å². The van der Waals surface area contributed by atoms with Crippen LogP contribution < -0.4 is 10.7 Å². The van der Waals surface area contributed by atoms with E-state index in [0.717, 1.165) is 27.1 Å². The number of amides is 1. The van der Waals surface area contributed by atoms with Gasteiger partial charge in [-0.15, -0.1) is 10.2 Å². The number of benzene rings is 2. The summed E-state index contributed by atoms with van der Waals surface area (Å²) < 4.78 is 2.91. The molecular weight excluding hydrogens is 512 g/mol. The lowest BCUT2D eigenvalue weighted by atomic mass is 10.0. The van der Waals surface area contributed by atoms with E-state index >= 15 is 0 Å². The van der Waals surface area contributed by atoms with Gasteiger partial charge in [0.15, 0.2) is 11.0 Å². The highest BCUT2D eigenvalue weighted by Gasteiger charge is 2.11. The topological polar surface area (TPSA) is 84.2 Å². The van der Waals surface area contributed by atoms with Crippen LogP contribution in [0.15, 0.2) is 68.8 Å². The Balaban J connectivity index is 1.44. The van der Waals surface area contributed by atoms with Crippen molar-refractivity contribution >= 4 is 51.6 Å². The molecule has 0 saturated carbocycles. The average Bonchev–Trinajstić information content (AvgIpc) is 3.17. The number of nitrogens with one attached hydrogen (secondary N) is 2. The van der Waals surface area contributed by atoms with E-state index in [4.69, 9.17) is 0 Å². The molecule has 1 heterocycles. The van der Waals surface area contributed by atoms with Gasteiger partial charge in [0.1, 0.15) is 0 Å². The number of hydrogen-bond acceptors (Lipinski definition) is 6. The molecule has 1 amide bonds. The number of hydrazone groups is 1. The first-order chi connectivity index (χ1) is 16.3. The fourth-order valence-electron chi connectivity index (χ4n) is 3.02. The van der Waals surface area contributed by atoms with Crippen LogP contribution in [0.5, 0.6) is 0 Å². The molecule has 3 rings (SSSR count). The van der Waals surface area contributed by atoms with Gasteiger partial charge in [-0.25, -0.2) is 5.43 Å². The third-order valence-corrected chi connectivity index (χ3v) is 6.56. The minimum Gasteiger partial charge on any atom is -0.378 e. The molecule has 0 spiro atoms. The Kier molecular flexibility index (Phi) is 9.47. The van der Waals surface area contributed by atoms with Crippen molar-refractivity contribution in [1.82, 2.24) is 20.2 Å². The lowest BCUT2D eigenvalue weighted by molar-refractivity contribution is -0.118. The summed E-state index contributed by atoms with van der Waals surface area (Å²) >= 11 is 4.75. The smallest absolute Gasteiger partial charge is 0.250 e. The number of hydrogen-bond donors (Lipinski definition) is 2. The molecule has 34 heavy (non-hydrogen) atoms. The fourth-order valence-corrected chi connectivity index (χ4v) is 4.01. The number of nitrogens with zero attached hydrogens (tertiary/aromatic N) is 4. The normalized spacial score (nSPS) is 11.9. The van der Waals surface area contributed by atoms with Gasteiger partial charge in [-0.3, -0.25) is 4.79 Å². The molecular formula is C25H29BrN6OS. The first-order valence-corrected chi connectivity index (χ1v) is 12.7. The average molecular weight is 542 g/mol. The first-order valence-electron chi connectivity index (χ1n) is 10.9. The summed E-state index contributed by atoms with van der Waals surface area (Å²) in [6, 6.07) is 16.4. The number of halogens is 1. The van der Waals surface area contributed by atoms with E-state index in [1.54, 1.807) is 6.21 Å². The van der Waals surface area contributed by atoms with Gasteiger partial charge in [0.2, 0.25) is 0 Å². The third-order valence-electron chi connectivity index (χ3n) is 5.01. The molecule has 0 aliphatic carbocycles. The summed E-state index contributed by atoms with van der Waals surface area (Å²) in [6.07, 6.45) is 3.67. The number of allylic oxidation sites excluding steroid dienone is 1. The van der Waals surface area contributed by atoms with Crippen molar-refractivity contribution in [1.29, 1.82) is 0 Å². The molecule has 1 aromatic heterocycles. The van der Waals surface area contributed by atoms with E-state index in [1.807, 2.05) is 48.9 Å². The van der Waals surface area contributed by atoms with E-state index in [1.165, 1.54) is 17.3 Å². The van der Waals surface area contributed by atoms with Crippen LogP contribution in [0.2, 0.25) is 0 Å². The van der Waals surface area contributed by atoms with Gasteiger partial charge < -0.3 is 9.88 Å². The second kappa shape index (κ2) is 12.5. The van der Waals surface area contributed by atoms with Crippen molar-refractivity contribution in [3.63, 3.8) is 0 Å². The lowest BCUT2D eigenvalue weighted by Gasteiger charge is -2.07. The maximum atomic E-state index is 12.2. The Morgan fingerprint density at radius 2 is 1.85 bits per heavy atom. The zero-order valence-corrected chi connectivity index (χ0v) is 22.2. The van der Waals surface area contributed by atoms with Gasteiger partial charge in [-0.2, -0.15) is 5.10 Å². The van der Waals surface area contributed by atoms with Crippen molar-refractivity contribution in [3.8, 4) is 0 Å². The standard InChI is InChI=1S/C25H29BrN6OS/c1-17(2)20-7-5-19(6-8-20)13-18(3)14-28-30-24(33)16-34-25-31-29-23(32(25)4)15-27-22-11-9-21(26)10-12-22/h5-14,17,27H,15-16H2,1-4H3,(H,30,33)/b18-13+,28-14+. The molecule has 3 aromatic rings. The molecule has 2 aromatic carbocycles. The Labute approximate surface area is 213 Å². The lowest BCUT2D eigenvalue weighted by Crippen LogP contribution is -2.20. The molecule has 0 bridgehead atoms. The molecule has 0 fully saturated rings. The second-order valence-electron chi connectivity index (χ2n) is 8.11. The zero-order chi connectivity index (χ0) is 24.5. The van der Waals surface area contributed by atoms with E-state index in [2.05, 4.69) is 80.1 Å². The van der Waals surface area contributed by atoms with Crippen molar-refractivity contribution < 1.29 is 4.79 Å². The summed E-state index contributed by atoms with van der Waals surface area (Å²) in [5, 5.41) is 16.5. The van der Waals surface area contributed by atoms with Gasteiger partial charge in [0, 0.05) is 17.2 Å². The number of anilines is 1. The molecule has 0 aliphatic heterocycles. The van der Waals surface area contributed by atoms with Gasteiger partial charge in [0.05, 0.1) is 18.5 Å². The minimum atomic E-state index is -0.201. The molecule has 0 aliphatic rings. The molecule has 178 valence electrons. The monoisotopic (exact) mass is 540 g/mol. The summed E-state index contributed by atoms with van der Waals surface area (Å²) in [6.45, 7) is 6.84. The highest BCUT2D eigenvalue weighted by molar-refractivity contribution is 9.10. The molecule has 0 atom stereocenters. The minimum absolute atomic E-state index is 0.197. The highest BCUT2D eigenvalue weighted by Crippen LogP contribution is 2.18. The van der Waals surface area contributed by atoms with Gasteiger partial charge in [0.25, 0.3) is 5.91 Å². The van der Waals surface area contributed by atoms with Crippen LogP contribution >= 0.6 is 27.7 Å². The molecule has 9 heteroatoms. The van der Waals surface area contributed by atoms with E-state index < -0.39 is 0 Å². The zero-order valence-electron chi connectivity index (χ0n) is 19.7. The quantitative estimate of drug-likeness (QED) is 0.198. The predicted octanol–water partition coefficient (Wildman–Crippen LogP) is 5.61. The Morgan fingerprint density at radius 3 is 2.53 bits per heavy atom. The van der Waals surface area contributed by atoms with E-state index in [0.29, 0.717) is 17.6 Å². The van der Waals surface area contributed by atoms with E-state index in [-0.39, 0.29) is 11.7 Å². The van der Waals surface area contributed by atoms with Crippen LogP contribution in [0, 0.1) is 0 Å². The Hall–Kier alpha value is -2.91. The summed E-state index contributed by atoms with van der Waals surface area (Å²) in [7, 11) is 1.89. The molecule has 2 N–H and O–H groups in total. The maximum Gasteiger partial charge on any atom is 0.250 e. The van der Waals surface area contributed by atoms with Gasteiger partial charge in [-0.1, -0.05) is 71.9 Å². The first kappa shape index (κ1) is 25.7. The predicted molar refractivity (Wildman–Crippen MR) is 144 cm³/mol. The van der Waals surface area contributed by atoms with Crippen LogP contribution in [0.4, 0.5) is 5.69 Å². The van der Waals surface area contributed by atoms with Crippen molar-refractivity contribution in [3.05, 3.63) is 75.5 Å². The molecule has 0 unspecified atom stereocenters. The van der Waals surface area contributed by atoms with Crippen LogP contribution in [0.25, 0.3) is 6.08 Å². The number of rotatable bonds is 10. The molecule has 0 saturated heterocycles. The Morgan fingerprint density at radius 1 is 1.15 bits per heavy atom. The van der Waals surface area contributed by atoms with Crippen LogP contribution in [0.3, 0.4) is 0 Å². The highest BCUT2D eigenvalue weighted by atomic mass is 79.9. The largest absolute Gasteiger partial charge is 0.378 e. The third kappa shape index (κ3) is 7.85. The summed E-state index contributed by atoms with van der Waals surface area (Å²) in [4.78, 5) is 12.2. The van der Waals surface area contributed by atoms with Crippen molar-refractivity contribution in [2.24, 2.45) is 12.1 Å². The Bertz CT molecular complexity index is 1150.